The summed E-state index contributed by atoms with van der Waals surface area (Å²) in [5, 5.41) is 16.8. The molecular formula is C23H30F3N9O4. The summed E-state index contributed by atoms with van der Waals surface area (Å²) in [6.07, 6.45) is -1.09. The number of carbonyl (C=O) groups is 2. The first-order valence-electron chi connectivity index (χ1n) is 12.2. The second kappa shape index (κ2) is 11.0. The summed E-state index contributed by atoms with van der Waals surface area (Å²) in [5.41, 5.74) is 5.05. The number of nitrogens with zero attached hydrogens (tertiary/aromatic N) is 6. The van der Waals surface area contributed by atoms with Crippen molar-refractivity contribution in [2.24, 2.45) is 11.1 Å². The SMILES string of the molecule is COc1nonc1C(=O)N[C@@H](CCC(C)(C)C(F)(F)F)c1cn2ncc(CN3CC[C@H](N)CNC3=O)cc2n1. The van der Waals surface area contributed by atoms with Crippen molar-refractivity contribution in [1.29, 1.82) is 0 Å². The number of aromatic nitrogens is 5. The van der Waals surface area contributed by atoms with Gasteiger partial charge in [0.1, 0.15) is 0 Å². The van der Waals surface area contributed by atoms with Crippen LogP contribution in [0.2, 0.25) is 0 Å². The van der Waals surface area contributed by atoms with Crippen molar-refractivity contribution >= 4 is 17.6 Å². The molecule has 0 radical (unpaired) electrons. The fourth-order valence-corrected chi connectivity index (χ4v) is 4.04. The average Bonchev–Trinajstić information content (AvgIpc) is 3.49. The monoisotopic (exact) mass is 553 g/mol. The second-order valence-electron chi connectivity index (χ2n) is 10.1. The Hall–Kier alpha value is -3.95. The molecule has 1 saturated heterocycles. The van der Waals surface area contributed by atoms with E-state index in [1.165, 1.54) is 17.8 Å². The predicted octanol–water partition coefficient (Wildman–Crippen LogP) is 2.20. The zero-order chi connectivity index (χ0) is 28.4. The second-order valence-corrected chi connectivity index (χ2v) is 10.1. The number of carbonyl (C=O) groups excluding carboxylic acids is 2. The van der Waals surface area contributed by atoms with E-state index in [1.807, 2.05) is 0 Å². The predicted molar refractivity (Wildman–Crippen MR) is 130 cm³/mol. The molecule has 13 nitrogen and oxygen atoms in total. The van der Waals surface area contributed by atoms with Crippen LogP contribution in [0.25, 0.3) is 5.65 Å². The highest BCUT2D eigenvalue weighted by molar-refractivity contribution is 5.94. The van der Waals surface area contributed by atoms with E-state index >= 15 is 0 Å². The van der Waals surface area contributed by atoms with Crippen LogP contribution < -0.4 is 21.1 Å². The van der Waals surface area contributed by atoms with E-state index in [1.54, 1.807) is 17.2 Å². The number of fused-ring (bicyclic) bond motifs is 1. The highest BCUT2D eigenvalue weighted by Gasteiger charge is 2.47. The van der Waals surface area contributed by atoms with Crippen LogP contribution in [0.1, 0.15) is 60.9 Å². The van der Waals surface area contributed by atoms with Gasteiger partial charge in [-0.15, -0.1) is 0 Å². The number of halogens is 3. The summed E-state index contributed by atoms with van der Waals surface area (Å²) in [6.45, 7) is 3.33. The van der Waals surface area contributed by atoms with E-state index in [-0.39, 0.29) is 43.0 Å². The maximum Gasteiger partial charge on any atom is 0.393 e. The molecule has 1 fully saturated rings. The molecule has 0 unspecified atom stereocenters. The number of nitrogens with two attached hydrogens (primary N) is 1. The molecule has 3 aromatic rings. The highest BCUT2D eigenvalue weighted by atomic mass is 19.4. The lowest BCUT2D eigenvalue weighted by Gasteiger charge is -2.29. The van der Waals surface area contributed by atoms with E-state index in [2.05, 4.69) is 35.7 Å². The molecule has 3 amide bonds. The van der Waals surface area contributed by atoms with Gasteiger partial charge < -0.3 is 26.0 Å². The molecule has 4 rings (SSSR count). The Labute approximate surface area is 221 Å². The van der Waals surface area contributed by atoms with Crippen molar-refractivity contribution in [3.05, 3.63) is 35.4 Å². The Morgan fingerprint density at radius 1 is 1.36 bits per heavy atom. The van der Waals surface area contributed by atoms with E-state index in [9.17, 15) is 22.8 Å². The van der Waals surface area contributed by atoms with Gasteiger partial charge >= 0.3 is 12.2 Å². The lowest BCUT2D eigenvalue weighted by Crippen LogP contribution is -2.39. The number of methoxy groups -OCH3 is 1. The van der Waals surface area contributed by atoms with Crippen LogP contribution in [0.3, 0.4) is 0 Å². The van der Waals surface area contributed by atoms with Crippen molar-refractivity contribution < 1.29 is 32.1 Å². The number of ether oxygens (including phenoxy) is 1. The molecule has 0 saturated carbocycles. The molecule has 2 atom stereocenters. The van der Waals surface area contributed by atoms with Gasteiger partial charge in [0, 0.05) is 25.7 Å². The molecule has 0 aliphatic carbocycles. The molecule has 0 aromatic carbocycles. The van der Waals surface area contributed by atoms with Crippen LogP contribution in [-0.2, 0) is 6.54 Å². The maximum absolute atomic E-state index is 13.5. The summed E-state index contributed by atoms with van der Waals surface area (Å²) in [7, 11) is 1.27. The van der Waals surface area contributed by atoms with Crippen molar-refractivity contribution in [2.45, 2.75) is 57.9 Å². The molecule has 1 aliphatic rings. The molecule has 4 N–H and O–H groups in total. The smallest absolute Gasteiger partial charge is 0.393 e. The molecule has 212 valence electrons. The maximum atomic E-state index is 13.5. The third-order valence-corrected chi connectivity index (χ3v) is 6.70. The molecule has 0 bridgehead atoms. The van der Waals surface area contributed by atoms with Crippen molar-refractivity contribution in [1.82, 2.24) is 40.4 Å². The van der Waals surface area contributed by atoms with E-state index < -0.39 is 23.5 Å². The van der Waals surface area contributed by atoms with Gasteiger partial charge in [0.25, 0.3) is 11.8 Å². The Kier molecular flexibility index (Phi) is 7.94. The number of rotatable bonds is 9. The topological polar surface area (TPSA) is 166 Å². The average molecular weight is 554 g/mol. The Morgan fingerprint density at radius 3 is 2.85 bits per heavy atom. The minimum atomic E-state index is -4.44. The van der Waals surface area contributed by atoms with Crippen molar-refractivity contribution in [3.8, 4) is 5.88 Å². The van der Waals surface area contributed by atoms with Crippen LogP contribution in [0.15, 0.2) is 23.1 Å². The molecule has 0 spiro atoms. The highest BCUT2D eigenvalue weighted by Crippen LogP contribution is 2.42. The fraction of sp³-hybridized carbons (Fsp3) is 0.565. The minimum absolute atomic E-state index is 0.0865. The van der Waals surface area contributed by atoms with Gasteiger partial charge in [0.15, 0.2) is 5.65 Å². The molecule has 39 heavy (non-hydrogen) atoms. The normalized spacial score (nSPS) is 17.6. The van der Waals surface area contributed by atoms with Crippen LogP contribution in [0, 0.1) is 5.41 Å². The third kappa shape index (κ3) is 6.38. The summed E-state index contributed by atoms with van der Waals surface area (Å²) >= 11 is 0. The Balaban J connectivity index is 1.58. The number of alkyl halides is 3. The fourth-order valence-electron chi connectivity index (χ4n) is 4.04. The molecule has 16 heteroatoms. The number of nitrogens with one attached hydrogen (secondary N) is 2. The molecular weight excluding hydrogens is 523 g/mol. The first-order valence-corrected chi connectivity index (χ1v) is 12.2. The number of urea groups is 1. The van der Waals surface area contributed by atoms with E-state index in [0.29, 0.717) is 36.4 Å². The lowest BCUT2D eigenvalue weighted by atomic mass is 9.85. The number of amides is 3. The zero-order valence-electron chi connectivity index (χ0n) is 21.7. The van der Waals surface area contributed by atoms with Gasteiger partial charge in [-0.05, 0) is 41.2 Å². The number of hydrogen-bond acceptors (Lipinski definition) is 9. The summed E-state index contributed by atoms with van der Waals surface area (Å²) in [6, 6.07) is 0.428. The van der Waals surface area contributed by atoms with Gasteiger partial charge in [-0.3, -0.25) is 4.79 Å². The Morgan fingerprint density at radius 2 is 2.13 bits per heavy atom. The minimum Gasteiger partial charge on any atom is -0.477 e. The molecule has 4 heterocycles. The van der Waals surface area contributed by atoms with Crippen LogP contribution in [0.4, 0.5) is 18.0 Å². The number of hydrogen-bond donors (Lipinski definition) is 3. The summed E-state index contributed by atoms with van der Waals surface area (Å²) < 4.78 is 51.6. The standard InChI is InChI=1S/C23H30F3N9O4/c1-22(2,23(24,25)26)6-4-15(31-19(36)18-20(38-3)33-39-32-18)16-12-35-17(30-16)8-13(9-29-35)11-34-7-5-14(27)10-28-21(34)37/h8-9,12,14-15H,4-7,10-11,27H2,1-3H3,(H,28,37)(H,31,36)/t14-,15-/m0/s1. The van der Waals surface area contributed by atoms with Crippen molar-refractivity contribution in [3.63, 3.8) is 0 Å². The first kappa shape index (κ1) is 28.1. The molecule has 1 aliphatic heterocycles. The summed E-state index contributed by atoms with van der Waals surface area (Å²) in [4.78, 5) is 31.4. The lowest BCUT2D eigenvalue weighted by molar-refractivity contribution is -0.214. The largest absolute Gasteiger partial charge is 0.477 e. The third-order valence-electron chi connectivity index (χ3n) is 6.70. The van der Waals surface area contributed by atoms with Crippen molar-refractivity contribution in [2.75, 3.05) is 20.2 Å². The molecule has 3 aromatic heterocycles. The van der Waals surface area contributed by atoms with E-state index in [4.69, 9.17) is 10.5 Å². The van der Waals surface area contributed by atoms with Crippen LogP contribution in [0.5, 0.6) is 5.88 Å². The van der Waals surface area contributed by atoms with Gasteiger partial charge in [0.05, 0.1) is 36.7 Å². The quantitative estimate of drug-likeness (QED) is 0.360. The van der Waals surface area contributed by atoms with Gasteiger partial charge in [-0.1, -0.05) is 13.8 Å². The van der Waals surface area contributed by atoms with Crippen LogP contribution in [-0.4, -0.2) is 74.2 Å². The first-order chi connectivity index (χ1) is 18.4. The number of imidazole rings is 1. The van der Waals surface area contributed by atoms with E-state index in [0.717, 1.165) is 13.8 Å². The van der Waals surface area contributed by atoms with Crippen LogP contribution >= 0.6 is 0 Å². The van der Waals surface area contributed by atoms with Gasteiger partial charge in [-0.2, -0.15) is 18.3 Å². The zero-order valence-corrected chi connectivity index (χ0v) is 21.7. The van der Waals surface area contributed by atoms with Gasteiger partial charge in [0.2, 0.25) is 5.69 Å². The summed E-state index contributed by atoms with van der Waals surface area (Å²) in [5.74, 6) is -0.916. The van der Waals surface area contributed by atoms with Gasteiger partial charge in [-0.25, -0.2) is 18.9 Å². The Bertz CT molecular complexity index is 1320.